The Labute approximate surface area is 220 Å². The summed E-state index contributed by atoms with van der Waals surface area (Å²) >= 11 is 0. The second-order valence-corrected chi connectivity index (χ2v) is 9.53. The van der Waals surface area contributed by atoms with Crippen LogP contribution in [0, 0.1) is 0 Å². The monoisotopic (exact) mass is 593 g/mol. The van der Waals surface area contributed by atoms with E-state index in [9.17, 15) is 28.4 Å². The Hall–Kier alpha value is 0.566. The number of unbranched alkanes of at least 4 members (excludes halogenated alkanes) is 12. The maximum absolute atomic E-state index is 9.90. The molecule has 0 rings (SSSR count). The summed E-state index contributed by atoms with van der Waals surface area (Å²) in [6.45, 7) is 7.48. The van der Waals surface area contributed by atoms with Crippen LogP contribution in [0.25, 0.3) is 0 Å². The quantitative estimate of drug-likeness (QED) is 0.116. The molecule has 0 aromatic heterocycles. The average molecular weight is 593 g/mol. The molecule has 0 heterocycles. The molecule has 0 aromatic carbocycles. The Morgan fingerprint density at radius 1 is 0.441 bits per heavy atom. The number of hydrogen-bond donors (Lipinski definition) is 0. The fourth-order valence-electron chi connectivity index (χ4n) is 2.53. The Morgan fingerprint density at radius 2 is 0.647 bits per heavy atom. The van der Waals surface area contributed by atoms with E-state index in [1.165, 1.54) is 57.8 Å². The second kappa shape index (κ2) is 38.1. The molecule has 9 nitrogen and oxygen atoms in total. The minimum Gasteiger partial charge on any atom is -0.566 e. The summed E-state index contributed by atoms with van der Waals surface area (Å²) in [4.78, 5) is 29.7. The van der Waals surface area contributed by atoms with Crippen molar-refractivity contribution in [2.75, 3.05) is 19.8 Å². The first kappa shape index (κ1) is 41.7. The van der Waals surface area contributed by atoms with Crippen LogP contribution in [0.15, 0.2) is 0 Å². The van der Waals surface area contributed by atoms with Gasteiger partial charge in [-0.05, 0) is 33.0 Å². The molecule has 3 atom stereocenters. The van der Waals surface area contributed by atoms with E-state index < -0.39 is 24.8 Å². The van der Waals surface area contributed by atoms with Crippen molar-refractivity contribution in [1.29, 1.82) is 0 Å². The summed E-state index contributed by atoms with van der Waals surface area (Å²) in [5, 5.41) is 0. The SMILES string of the molecule is CCCCCCCO[P+](=O)[O-].CCCCCCCO[P+](=O)[O-].CCCCCCCO[P+](=O)[O-].[Co+3]. The van der Waals surface area contributed by atoms with Gasteiger partial charge in [-0.3, -0.25) is 0 Å². The third-order valence-electron chi connectivity index (χ3n) is 4.33. The van der Waals surface area contributed by atoms with Crippen LogP contribution >= 0.6 is 24.8 Å². The van der Waals surface area contributed by atoms with Gasteiger partial charge in [-0.1, -0.05) is 97.8 Å². The van der Waals surface area contributed by atoms with Gasteiger partial charge >= 0.3 is 41.5 Å². The maximum Gasteiger partial charge on any atom is 3.00 e. The summed E-state index contributed by atoms with van der Waals surface area (Å²) in [5.74, 6) is 0. The van der Waals surface area contributed by atoms with Crippen LogP contribution in [0.3, 0.4) is 0 Å². The minimum absolute atomic E-state index is 0. The van der Waals surface area contributed by atoms with Gasteiger partial charge in [-0.25, -0.2) is 0 Å². The van der Waals surface area contributed by atoms with Crippen LogP contribution in [0.1, 0.15) is 117 Å². The first-order chi connectivity index (χ1) is 15.8. The van der Waals surface area contributed by atoms with Crippen LogP contribution in [-0.4, -0.2) is 19.8 Å². The third-order valence-corrected chi connectivity index (χ3v) is 5.51. The largest absolute Gasteiger partial charge is 3.00 e. The Kier molecular flexibility index (Phi) is 46.7. The van der Waals surface area contributed by atoms with Gasteiger partial charge < -0.3 is 14.7 Å². The molecule has 0 aliphatic rings. The number of rotatable bonds is 21. The molecule has 0 amide bonds. The van der Waals surface area contributed by atoms with Gasteiger partial charge in [0.15, 0.2) is 0 Å². The van der Waals surface area contributed by atoms with Gasteiger partial charge in [-0.15, -0.1) is 13.6 Å². The molecule has 0 saturated heterocycles. The Bertz CT molecular complexity index is 386. The smallest absolute Gasteiger partial charge is 0.566 e. The van der Waals surface area contributed by atoms with E-state index >= 15 is 0 Å². The normalized spacial score (nSPS) is 11.3. The van der Waals surface area contributed by atoms with Crippen molar-refractivity contribution in [1.82, 2.24) is 0 Å². The van der Waals surface area contributed by atoms with Gasteiger partial charge in [0.05, 0.1) is 0 Å². The molecular formula is C21H45CoO9P3+3. The van der Waals surface area contributed by atoms with Crippen molar-refractivity contribution in [2.45, 2.75) is 117 Å². The van der Waals surface area contributed by atoms with Crippen molar-refractivity contribution >= 4 is 24.8 Å². The van der Waals surface area contributed by atoms with Crippen molar-refractivity contribution in [3.63, 3.8) is 0 Å². The molecule has 0 aliphatic heterocycles. The van der Waals surface area contributed by atoms with Crippen LogP contribution in [-0.2, 0) is 44.0 Å². The zero-order valence-corrected chi connectivity index (χ0v) is 24.8. The molecule has 34 heavy (non-hydrogen) atoms. The molecule has 0 spiro atoms. The summed E-state index contributed by atoms with van der Waals surface area (Å²) in [6, 6.07) is 0. The zero-order chi connectivity index (χ0) is 25.6. The first-order valence-electron chi connectivity index (χ1n) is 12.1. The van der Waals surface area contributed by atoms with Gasteiger partial charge in [0.2, 0.25) is 0 Å². The van der Waals surface area contributed by atoms with Gasteiger partial charge in [0.25, 0.3) is 0 Å². The van der Waals surface area contributed by atoms with E-state index in [1.807, 2.05) is 0 Å². The summed E-state index contributed by atoms with van der Waals surface area (Å²) in [7, 11) is -7.87. The van der Waals surface area contributed by atoms with Crippen LogP contribution < -0.4 is 14.7 Å². The van der Waals surface area contributed by atoms with E-state index in [0.717, 1.165) is 38.5 Å². The first-order valence-corrected chi connectivity index (χ1v) is 15.4. The van der Waals surface area contributed by atoms with E-state index in [4.69, 9.17) is 0 Å². The van der Waals surface area contributed by atoms with Crippen LogP contribution in [0.2, 0.25) is 0 Å². The predicted octanol–water partition coefficient (Wildman–Crippen LogP) is 5.97. The Balaban J connectivity index is -0.000000196. The maximum atomic E-state index is 9.90. The summed E-state index contributed by atoms with van der Waals surface area (Å²) in [5.41, 5.74) is 0. The molecule has 204 valence electrons. The van der Waals surface area contributed by atoms with E-state index in [-0.39, 0.29) is 16.8 Å². The molecule has 0 fully saturated rings. The van der Waals surface area contributed by atoms with Gasteiger partial charge in [0.1, 0.15) is 19.8 Å². The standard InChI is InChI=1S/3C7H15O3P.Co/c3*1-2-3-4-5-6-7-10-11(8)9;/h3*2-7H2,1H3;/q;;;+3. The summed E-state index contributed by atoms with van der Waals surface area (Å²) < 4.78 is 42.8. The van der Waals surface area contributed by atoms with Crippen molar-refractivity contribution < 1.29 is 58.7 Å². The third kappa shape index (κ3) is 53.8. The molecule has 0 bridgehead atoms. The minimum atomic E-state index is -2.62. The summed E-state index contributed by atoms with van der Waals surface area (Å²) in [6.07, 6.45) is 16.6. The van der Waals surface area contributed by atoms with Gasteiger partial charge in [-0.2, -0.15) is 0 Å². The molecular weight excluding hydrogens is 548 g/mol. The van der Waals surface area contributed by atoms with Crippen molar-refractivity contribution in [3.8, 4) is 0 Å². The van der Waals surface area contributed by atoms with Crippen molar-refractivity contribution in [3.05, 3.63) is 0 Å². The van der Waals surface area contributed by atoms with Gasteiger partial charge in [0, 0.05) is 0 Å². The topological polar surface area (TPSA) is 148 Å². The predicted molar refractivity (Wildman–Crippen MR) is 127 cm³/mol. The second-order valence-electron chi connectivity index (χ2n) is 7.41. The van der Waals surface area contributed by atoms with E-state index in [1.54, 1.807) is 0 Å². The molecule has 0 radical (unpaired) electrons. The van der Waals surface area contributed by atoms with Crippen LogP contribution in [0.4, 0.5) is 0 Å². The molecule has 0 aromatic rings. The molecule has 3 unspecified atom stereocenters. The van der Waals surface area contributed by atoms with E-state index in [0.29, 0.717) is 19.8 Å². The molecule has 0 saturated carbocycles. The van der Waals surface area contributed by atoms with Crippen molar-refractivity contribution in [2.24, 2.45) is 0 Å². The fourth-order valence-corrected chi connectivity index (χ4v) is 3.37. The molecule has 0 aliphatic carbocycles. The Morgan fingerprint density at radius 3 is 0.824 bits per heavy atom. The molecule has 0 N–H and O–H groups in total. The average Bonchev–Trinajstić information content (AvgIpc) is 2.76. The number of hydrogen-bond acceptors (Lipinski definition) is 9. The van der Waals surface area contributed by atoms with Crippen LogP contribution in [0.5, 0.6) is 0 Å². The fraction of sp³-hybridized carbons (Fsp3) is 1.00. The molecule has 13 heteroatoms. The zero-order valence-electron chi connectivity index (χ0n) is 21.1. The van der Waals surface area contributed by atoms with E-state index in [2.05, 4.69) is 34.3 Å².